The second kappa shape index (κ2) is 9.62. The first-order valence-corrected chi connectivity index (χ1v) is 13.4. The van der Waals surface area contributed by atoms with Gasteiger partial charge >= 0.3 is 0 Å². The van der Waals surface area contributed by atoms with E-state index in [0.717, 1.165) is 48.7 Å². The highest BCUT2D eigenvalue weighted by Crippen LogP contribution is 2.48. The van der Waals surface area contributed by atoms with Crippen molar-refractivity contribution in [2.75, 3.05) is 25.0 Å². The number of nitrogens with zero attached hydrogens (tertiary/aromatic N) is 1. The van der Waals surface area contributed by atoms with Gasteiger partial charge in [0.1, 0.15) is 0 Å². The summed E-state index contributed by atoms with van der Waals surface area (Å²) in [5.74, 6) is 0.229. The standard InChI is InChI=1S/C25H27ClN4O3S/c26-24-15-28-14-18-3-6-19(10-22(18)24)30-25(31)23-11-21(23)17-4-7-20(8-5-17)34(32,33)29-13-16-2-1-9-27-12-16/h3-8,10,14-16,21,23,27,29H,1-2,9,11-13H2,(H,30,31)/t16?,21-,23+/m0/s1. The Morgan fingerprint density at radius 1 is 1.15 bits per heavy atom. The highest BCUT2D eigenvalue weighted by Gasteiger charge is 2.44. The number of hydrogen-bond acceptors (Lipinski definition) is 5. The zero-order chi connectivity index (χ0) is 23.7. The van der Waals surface area contributed by atoms with Crippen molar-refractivity contribution < 1.29 is 13.2 Å². The van der Waals surface area contributed by atoms with E-state index in [0.29, 0.717) is 23.2 Å². The molecule has 2 aliphatic rings. The Hall–Kier alpha value is -2.52. The van der Waals surface area contributed by atoms with Crippen LogP contribution in [-0.2, 0) is 14.8 Å². The fourth-order valence-electron chi connectivity index (χ4n) is 4.60. The third-order valence-electron chi connectivity index (χ3n) is 6.69. The Bertz CT molecular complexity index is 1310. The van der Waals surface area contributed by atoms with E-state index in [1.54, 1.807) is 24.5 Å². The number of carbonyl (C=O) groups excluding carboxylic acids is 1. The molecule has 2 aromatic carbocycles. The molecule has 34 heavy (non-hydrogen) atoms. The number of piperidine rings is 1. The molecule has 0 bridgehead atoms. The number of aromatic nitrogens is 1. The zero-order valence-electron chi connectivity index (χ0n) is 18.6. The van der Waals surface area contributed by atoms with Crippen LogP contribution in [0, 0.1) is 11.8 Å². The van der Waals surface area contributed by atoms with Crippen LogP contribution in [0.1, 0.15) is 30.7 Å². The maximum Gasteiger partial charge on any atom is 0.240 e. The molecular weight excluding hydrogens is 472 g/mol. The van der Waals surface area contributed by atoms with Crippen LogP contribution in [0.5, 0.6) is 0 Å². The average molecular weight is 499 g/mol. The van der Waals surface area contributed by atoms with Crippen molar-refractivity contribution in [3.05, 3.63) is 65.4 Å². The number of sulfonamides is 1. The molecule has 7 nitrogen and oxygen atoms in total. The Labute approximate surface area is 204 Å². The van der Waals surface area contributed by atoms with Crippen molar-refractivity contribution in [2.45, 2.75) is 30.1 Å². The summed E-state index contributed by atoms with van der Waals surface area (Å²) >= 11 is 6.22. The van der Waals surface area contributed by atoms with Crippen molar-refractivity contribution in [3.63, 3.8) is 0 Å². The molecule has 1 saturated heterocycles. The predicted molar refractivity (Wildman–Crippen MR) is 133 cm³/mol. The lowest BCUT2D eigenvalue weighted by Crippen LogP contribution is -2.38. The van der Waals surface area contributed by atoms with Crippen molar-refractivity contribution >= 4 is 44.0 Å². The third-order valence-corrected chi connectivity index (χ3v) is 8.43. The van der Waals surface area contributed by atoms with Gasteiger partial charge < -0.3 is 10.6 Å². The van der Waals surface area contributed by atoms with Crippen LogP contribution in [0.4, 0.5) is 5.69 Å². The Morgan fingerprint density at radius 3 is 2.74 bits per heavy atom. The molecular formula is C25H27ClN4O3S. The first-order chi connectivity index (χ1) is 16.4. The summed E-state index contributed by atoms with van der Waals surface area (Å²) in [6, 6.07) is 12.5. The van der Waals surface area contributed by atoms with Gasteiger partial charge in [-0.3, -0.25) is 9.78 Å². The number of anilines is 1. The van der Waals surface area contributed by atoms with Crippen LogP contribution in [0.15, 0.2) is 59.8 Å². The smallest absolute Gasteiger partial charge is 0.240 e. The average Bonchev–Trinajstić information content (AvgIpc) is 3.65. The first kappa shape index (κ1) is 23.2. The van der Waals surface area contributed by atoms with Crippen molar-refractivity contribution in [3.8, 4) is 0 Å². The normalized spacial score (nSPS) is 22.4. The molecule has 1 amide bonds. The number of amides is 1. The molecule has 9 heteroatoms. The van der Waals surface area contributed by atoms with E-state index in [9.17, 15) is 13.2 Å². The second-order valence-electron chi connectivity index (χ2n) is 9.13. The van der Waals surface area contributed by atoms with Gasteiger partial charge in [0.25, 0.3) is 0 Å². The zero-order valence-corrected chi connectivity index (χ0v) is 20.2. The molecule has 2 heterocycles. The van der Waals surface area contributed by atoms with Gasteiger partial charge in [0.2, 0.25) is 15.9 Å². The van der Waals surface area contributed by atoms with E-state index in [1.165, 1.54) is 0 Å². The van der Waals surface area contributed by atoms with Crippen LogP contribution in [0.2, 0.25) is 5.02 Å². The molecule has 3 atom stereocenters. The van der Waals surface area contributed by atoms with E-state index >= 15 is 0 Å². The third kappa shape index (κ3) is 5.10. The summed E-state index contributed by atoms with van der Waals surface area (Å²) in [7, 11) is -3.55. The molecule has 5 rings (SSSR count). The molecule has 1 aliphatic heterocycles. The van der Waals surface area contributed by atoms with Gasteiger partial charge in [0, 0.05) is 41.3 Å². The van der Waals surface area contributed by atoms with E-state index in [2.05, 4.69) is 20.3 Å². The second-order valence-corrected chi connectivity index (χ2v) is 11.3. The highest BCUT2D eigenvalue weighted by atomic mass is 35.5. The van der Waals surface area contributed by atoms with Gasteiger partial charge in [-0.2, -0.15) is 0 Å². The molecule has 1 aromatic heterocycles. The highest BCUT2D eigenvalue weighted by molar-refractivity contribution is 7.89. The van der Waals surface area contributed by atoms with Gasteiger partial charge in [-0.15, -0.1) is 0 Å². The largest absolute Gasteiger partial charge is 0.326 e. The van der Waals surface area contributed by atoms with Crippen LogP contribution >= 0.6 is 11.6 Å². The Morgan fingerprint density at radius 2 is 1.97 bits per heavy atom. The minimum absolute atomic E-state index is 0.0472. The fraction of sp³-hybridized carbons (Fsp3) is 0.360. The van der Waals surface area contributed by atoms with Crippen molar-refractivity contribution in [1.82, 2.24) is 15.0 Å². The Balaban J connectivity index is 1.19. The van der Waals surface area contributed by atoms with Gasteiger partial charge in [0.15, 0.2) is 0 Å². The summed E-state index contributed by atoms with van der Waals surface area (Å²) < 4.78 is 28.0. The summed E-state index contributed by atoms with van der Waals surface area (Å²) in [6.45, 7) is 2.29. The molecule has 178 valence electrons. The number of rotatable bonds is 7. The topological polar surface area (TPSA) is 100 Å². The summed E-state index contributed by atoms with van der Waals surface area (Å²) in [5, 5.41) is 8.57. The molecule has 1 saturated carbocycles. The number of carbonyl (C=O) groups is 1. The number of halogens is 1. The summed E-state index contributed by atoms with van der Waals surface area (Å²) in [5.41, 5.74) is 1.67. The minimum atomic E-state index is -3.55. The van der Waals surface area contributed by atoms with E-state index < -0.39 is 10.0 Å². The van der Waals surface area contributed by atoms with E-state index in [1.807, 2.05) is 30.3 Å². The molecule has 2 fully saturated rings. The summed E-state index contributed by atoms with van der Waals surface area (Å²) in [6.07, 6.45) is 6.16. The van der Waals surface area contributed by atoms with Crippen LogP contribution in [0.25, 0.3) is 10.8 Å². The van der Waals surface area contributed by atoms with Gasteiger partial charge in [0.05, 0.1) is 9.92 Å². The number of fused-ring (bicyclic) bond motifs is 1. The quantitative estimate of drug-likeness (QED) is 0.458. The van der Waals surface area contributed by atoms with E-state index in [4.69, 9.17) is 11.6 Å². The van der Waals surface area contributed by atoms with Gasteiger partial charge in [-0.1, -0.05) is 29.8 Å². The maximum atomic E-state index is 12.8. The SMILES string of the molecule is O=C(Nc1ccc2cncc(Cl)c2c1)[C@@H]1C[C@H]1c1ccc(S(=O)(=O)NCC2CCCNC2)cc1. The molecule has 1 aliphatic carbocycles. The van der Waals surface area contributed by atoms with Crippen LogP contribution in [-0.4, -0.2) is 38.9 Å². The van der Waals surface area contributed by atoms with Gasteiger partial charge in [-0.05, 0) is 74.0 Å². The number of hydrogen-bond donors (Lipinski definition) is 3. The molecule has 3 aromatic rings. The maximum absolute atomic E-state index is 12.8. The van der Waals surface area contributed by atoms with Crippen molar-refractivity contribution in [1.29, 1.82) is 0 Å². The van der Waals surface area contributed by atoms with Crippen molar-refractivity contribution in [2.24, 2.45) is 11.8 Å². The number of benzene rings is 2. The summed E-state index contributed by atoms with van der Waals surface area (Å²) in [4.78, 5) is 17.1. The Kier molecular flexibility index (Phi) is 6.57. The monoisotopic (exact) mass is 498 g/mol. The van der Waals surface area contributed by atoms with Crippen LogP contribution < -0.4 is 15.4 Å². The molecule has 0 radical (unpaired) electrons. The lowest BCUT2D eigenvalue weighted by Gasteiger charge is -2.22. The van der Waals surface area contributed by atoms with Crippen LogP contribution in [0.3, 0.4) is 0 Å². The lowest BCUT2D eigenvalue weighted by molar-refractivity contribution is -0.117. The van der Waals surface area contributed by atoms with E-state index in [-0.39, 0.29) is 22.6 Å². The minimum Gasteiger partial charge on any atom is -0.326 e. The molecule has 3 N–H and O–H groups in total. The predicted octanol–water partition coefficient (Wildman–Crippen LogP) is 3.91. The molecule has 0 spiro atoms. The fourth-order valence-corrected chi connectivity index (χ4v) is 5.93. The lowest BCUT2D eigenvalue weighted by atomic mass is 10.0. The molecule has 1 unspecified atom stereocenters. The number of nitrogens with one attached hydrogen (secondary N) is 3. The van der Waals surface area contributed by atoms with Gasteiger partial charge in [-0.25, -0.2) is 13.1 Å². The number of pyridine rings is 1. The first-order valence-electron chi connectivity index (χ1n) is 11.6.